The maximum atomic E-state index is 13.4. The number of ether oxygens (including phenoxy) is 1. The first kappa shape index (κ1) is 22.9. The molecule has 33 heavy (non-hydrogen) atoms. The third-order valence-electron chi connectivity index (χ3n) is 6.22. The first-order valence-corrected chi connectivity index (χ1v) is 11.8. The van der Waals surface area contributed by atoms with Gasteiger partial charge in [-0.25, -0.2) is 9.97 Å². The quantitative estimate of drug-likeness (QED) is 0.498. The van der Waals surface area contributed by atoms with Crippen LogP contribution in [0.3, 0.4) is 0 Å². The molecule has 1 atom stereocenters. The van der Waals surface area contributed by atoms with Crippen molar-refractivity contribution in [3.8, 4) is 16.9 Å². The Morgan fingerprint density at radius 2 is 1.88 bits per heavy atom. The summed E-state index contributed by atoms with van der Waals surface area (Å²) in [6.07, 6.45) is 10.2. The summed E-state index contributed by atoms with van der Waals surface area (Å²) in [5.74, 6) is 1.62. The van der Waals surface area contributed by atoms with Gasteiger partial charge in [-0.1, -0.05) is 25.1 Å². The Morgan fingerprint density at radius 1 is 1.12 bits per heavy atom. The SMILES string of the molecule is CCCc1ncc(-c2ccncc2)c(C2CCCCN2C(=O)COc2c(C)cccc2C)n1. The normalized spacial score (nSPS) is 16.0. The fraction of sp³-hybridized carbons (Fsp3) is 0.407. The van der Waals surface area contributed by atoms with E-state index in [4.69, 9.17) is 9.72 Å². The number of rotatable bonds is 7. The fourth-order valence-corrected chi connectivity index (χ4v) is 4.54. The van der Waals surface area contributed by atoms with E-state index in [0.29, 0.717) is 6.54 Å². The van der Waals surface area contributed by atoms with Crippen molar-refractivity contribution < 1.29 is 9.53 Å². The molecule has 0 saturated carbocycles. The molecule has 3 aromatic rings. The van der Waals surface area contributed by atoms with Gasteiger partial charge < -0.3 is 9.64 Å². The van der Waals surface area contributed by atoms with Crippen LogP contribution in [0.1, 0.15) is 61.3 Å². The van der Waals surface area contributed by atoms with Gasteiger partial charge in [-0.3, -0.25) is 9.78 Å². The topological polar surface area (TPSA) is 68.2 Å². The number of nitrogens with zero attached hydrogens (tertiary/aromatic N) is 4. The first-order chi connectivity index (χ1) is 16.1. The Hall–Kier alpha value is -3.28. The van der Waals surface area contributed by atoms with Gasteiger partial charge in [0.25, 0.3) is 5.91 Å². The minimum absolute atomic E-state index is 0.00122. The highest BCUT2D eigenvalue weighted by molar-refractivity contribution is 5.79. The lowest BCUT2D eigenvalue weighted by Gasteiger charge is -2.36. The van der Waals surface area contributed by atoms with Crippen molar-refractivity contribution in [3.05, 3.63) is 71.6 Å². The summed E-state index contributed by atoms with van der Waals surface area (Å²) in [6.45, 7) is 6.88. The zero-order valence-electron chi connectivity index (χ0n) is 19.8. The van der Waals surface area contributed by atoms with Crippen molar-refractivity contribution in [1.29, 1.82) is 0 Å². The molecule has 1 aromatic carbocycles. The fourth-order valence-electron chi connectivity index (χ4n) is 4.54. The summed E-state index contributed by atoms with van der Waals surface area (Å²) in [6, 6.07) is 9.88. The minimum Gasteiger partial charge on any atom is -0.483 e. The van der Waals surface area contributed by atoms with Gasteiger partial charge in [0.2, 0.25) is 0 Å². The Balaban J connectivity index is 1.63. The van der Waals surface area contributed by atoms with Gasteiger partial charge in [-0.05, 0) is 68.4 Å². The highest BCUT2D eigenvalue weighted by atomic mass is 16.5. The number of carbonyl (C=O) groups is 1. The van der Waals surface area contributed by atoms with Crippen molar-refractivity contribution in [3.63, 3.8) is 0 Å². The largest absolute Gasteiger partial charge is 0.483 e. The second-order valence-electron chi connectivity index (χ2n) is 8.68. The van der Waals surface area contributed by atoms with E-state index in [1.165, 1.54) is 0 Å². The molecule has 6 nitrogen and oxygen atoms in total. The monoisotopic (exact) mass is 444 g/mol. The number of amides is 1. The highest BCUT2D eigenvalue weighted by Crippen LogP contribution is 2.36. The Kier molecular flexibility index (Phi) is 7.33. The van der Waals surface area contributed by atoms with E-state index in [9.17, 15) is 4.79 Å². The average Bonchev–Trinajstić information content (AvgIpc) is 2.84. The third kappa shape index (κ3) is 5.21. The maximum Gasteiger partial charge on any atom is 0.261 e. The molecule has 0 N–H and O–H groups in total. The number of carbonyl (C=O) groups excluding carboxylic acids is 1. The van der Waals surface area contributed by atoms with Crippen molar-refractivity contribution in [2.45, 2.75) is 58.9 Å². The van der Waals surface area contributed by atoms with E-state index in [1.807, 2.05) is 55.3 Å². The molecule has 0 bridgehead atoms. The lowest BCUT2D eigenvalue weighted by molar-refractivity contribution is -0.137. The minimum atomic E-state index is -0.0883. The summed E-state index contributed by atoms with van der Waals surface area (Å²) >= 11 is 0. The van der Waals surface area contributed by atoms with Crippen LogP contribution < -0.4 is 4.74 Å². The van der Waals surface area contributed by atoms with Crippen LogP contribution in [0.4, 0.5) is 0 Å². The molecule has 1 saturated heterocycles. The molecule has 3 heterocycles. The van der Waals surface area contributed by atoms with Gasteiger partial charge in [-0.15, -0.1) is 0 Å². The van der Waals surface area contributed by atoms with Crippen LogP contribution in [0.25, 0.3) is 11.1 Å². The van der Waals surface area contributed by atoms with E-state index >= 15 is 0 Å². The van der Waals surface area contributed by atoms with E-state index in [0.717, 1.165) is 71.6 Å². The first-order valence-electron chi connectivity index (χ1n) is 11.8. The van der Waals surface area contributed by atoms with Crippen LogP contribution in [0.15, 0.2) is 48.9 Å². The van der Waals surface area contributed by atoms with Gasteiger partial charge in [0.1, 0.15) is 11.6 Å². The summed E-state index contributed by atoms with van der Waals surface area (Å²) in [7, 11) is 0. The summed E-state index contributed by atoms with van der Waals surface area (Å²) in [5.41, 5.74) is 5.00. The molecule has 1 aliphatic heterocycles. The molecular formula is C27H32N4O2. The van der Waals surface area contributed by atoms with Gasteiger partial charge in [0, 0.05) is 37.1 Å². The molecule has 1 aliphatic rings. The molecule has 0 aliphatic carbocycles. The Bertz CT molecular complexity index is 1080. The van der Waals surface area contributed by atoms with Crippen LogP contribution in [0.5, 0.6) is 5.75 Å². The van der Waals surface area contributed by atoms with Crippen LogP contribution in [0.2, 0.25) is 0 Å². The molecule has 1 amide bonds. The highest BCUT2D eigenvalue weighted by Gasteiger charge is 2.31. The Labute approximate surface area is 196 Å². The van der Waals surface area contributed by atoms with Crippen LogP contribution in [-0.4, -0.2) is 38.9 Å². The summed E-state index contributed by atoms with van der Waals surface area (Å²) < 4.78 is 6.01. The summed E-state index contributed by atoms with van der Waals surface area (Å²) in [5, 5.41) is 0. The number of pyridine rings is 1. The summed E-state index contributed by atoms with van der Waals surface area (Å²) in [4.78, 5) is 29.1. The van der Waals surface area contributed by atoms with Gasteiger partial charge in [-0.2, -0.15) is 0 Å². The number of aromatic nitrogens is 3. The molecule has 0 spiro atoms. The third-order valence-corrected chi connectivity index (χ3v) is 6.22. The number of hydrogen-bond acceptors (Lipinski definition) is 5. The molecule has 0 radical (unpaired) electrons. The van der Waals surface area contributed by atoms with Gasteiger partial charge in [0.15, 0.2) is 6.61 Å². The van der Waals surface area contributed by atoms with Crippen molar-refractivity contribution in [2.24, 2.45) is 0 Å². The van der Waals surface area contributed by atoms with E-state index < -0.39 is 0 Å². The predicted octanol–water partition coefficient (Wildman–Crippen LogP) is 5.24. The second kappa shape index (κ2) is 10.6. The molecule has 172 valence electrons. The molecule has 4 rings (SSSR count). The lowest BCUT2D eigenvalue weighted by atomic mass is 9.94. The Morgan fingerprint density at radius 3 is 2.61 bits per heavy atom. The predicted molar refractivity (Wildman–Crippen MR) is 129 cm³/mol. The molecule has 1 fully saturated rings. The number of benzene rings is 1. The zero-order chi connectivity index (χ0) is 23.2. The van der Waals surface area contributed by atoms with Crippen LogP contribution in [-0.2, 0) is 11.2 Å². The van der Waals surface area contributed by atoms with Crippen molar-refractivity contribution >= 4 is 5.91 Å². The number of likely N-dealkylation sites (tertiary alicyclic amines) is 1. The number of para-hydroxylation sites is 1. The van der Waals surface area contributed by atoms with Gasteiger partial charge >= 0.3 is 0 Å². The second-order valence-corrected chi connectivity index (χ2v) is 8.68. The average molecular weight is 445 g/mol. The number of hydrogen-bond donors (Lipinski definition) is 0. The molecule has 1 unspecified atom stereocenters. The zero-order valence-corrected chi connectivity index (χ0v) is 19.8. The molecular weight excluding hydrogens is 412 g/mol. The lowest BCUT2D eigenvalue weighted by Crippen LogP contribution is -2.41. The number of piperidine rings is 1. The van der Waals surface area contributed by atoms with Gasteiger partial charge in [0.05, 0.1) is 11.7 Å². The smallest absolute Gasteiger partial charge is 0.261 e. The van der Waals surface area contributed by atoms with Crippen LogP contribution in [0, 0.1) is 13.8 Å². The van der Waals surface area contributed by atoms with E-state index in [1.54, 1.807) is 12.4 Å². The van der Waals surface area contributed by atoms with E-state index in [2.05, 4.69) is 16.9 Å². The molecule has 6 heteroatoms. The number of aryl methyl sites for hydroxylation is 3. The van der Waals surface area contributed by atoms with Crippen LogP contribution >= 0.6 is 0 Å². The standard InChI is InChI=1S/C27H32N4O2/c1-4-8-24-29-17-22(21-12-14-28-15-13-21)26(30-24)23-11-5-6-16-31(23)25(32)18-33-27-19(2)9-7-10-20(27)3/h7,9-10,12-15,17,23H,4-6,8,11,16,18H2,1-3H3. The van der Waals surface area contributed by atoms with Crippen molar-refractivity contribution in [1.82, 2.24) is 19.9 Å². The maximum absolute atomic E-state index is 13.4. The molecule has 2 aromatic heterocycles. The van der Waals surface area contributed by atoms with E-state index in [-0.39, 0.29) is 18.6 Å². The van der Waals surface area contributed by atoms with Crippen molar-refractivity contribution in [2.75, 3.05) is 13.2 Å².